The molecule has 2 atom stereocenters. The highest BCUT2D eigenvalue weighted by Crippen LogP contribution is 2.23. The first-order valence-corrected chi connectivity index (χ1v) is 7.38. The van der Waals surface area contributed by atoms with Crippen LogP contribution in [0.3, 0.4) is 0 Å². The topological polar surface area (TPSA) is 32.5 Å². The van der Waals surface area contributed by atoms with Crippen molar-refractivity contribution < 1.29 is 0 Å². The SMILES string of the molecule is CCC(CC(N)=S)N1CCCN2CCCC2C1. The van der Waals surface area contributed by atoms with Crippen molar-refractivity contribution in [3.05, 3.63) is 0 Å². The van der Waals surface area contributed by atoms with Gasteiger partial charge in [-0.2, -0.15) is 0 Å². The second-order valence-electron chi connectivity index (χ2n) is 5.41. The molecule has 0 aliphatic carbocycles. The molecule has 2 aliphatic heterocycles. The van der Waals surface area contributed by atoms with Crippen molar-refractivity contribution in [2.24, 2.45) is 5.73 Å². The first-order valence-electron chi connectivity index (χ1n) is 6.97. The van der Waals surface area contributed by atoms with Gasteiger partial charge in [-0.25, -0.2) is 0 Å². The molecule has 2 rings (SSSR count). The van der Waals surface area contributed by atoms with Crippen LogP contribution in [-0.2, 0) is 0 Å². The molecule has 0 radical (unpaired) electrons. The summed E-state index contributed by atoms with van der Waals surface area (Å²) >= 11 is 5.08. The Morgan fingerprint density at radius 1 is 1.35 bits per heavy atom. The highest BCUT2D eigenvalue weighted by Gasteiger charge is 2.30. The first kappa shape index (κ1) is 13.2. The van der Waals surface area contributed by atoms with Crippen LogP contribution in [0.2, 0.25) is 0 Å². The van der Waals surface area contributed by atoms with Crippen LogP contribution in [0, 0.1) is 0 Å². The number of thiocarbonyl (C=S) groups is 1. The zero-order valence-corrected chi connectivity index (χ0v) is 11.7. The summed E-state index contributed by atoms with van der Waals surface area (Å²) in [5.74, 6) is 0. The first-order chi connectivity index (χ1) is 8.20. The van der Waals surface area contributed by atoms with Gasteiger partial charge in [-0.15, -0.1) is 0 Å². The number of hydrogen-bond acceptors (Lipinski definition) is 3. The van der Waals surface area contributed by atoms with E-state index in [2.05, 4.69) is 16.7 Å². The maximum absolute atomic E-state index is 5.72. The van der Waals surface area contributed by atoms with Crippen LogP contribution in [0.1, 0.15) is 39.0 Å². The van der Waals surface area contributed by atoms with E-state index in [9.17, 15) is 0 Å². The quantitative estimate of drug-likeness (QED) is 0.774. The van der Waals surface area contributed by atoms with Gasteiger partial charge in [0.1, 0.15) is 0 Å². The molecule has 0 aromatic rings. The van der Waals surface area contributed by atoms with Gasteiger partial charge >= 0.3 is 0 Å². The molecule has 2 heterocycles. The van der Waals surface area contributed by atoms with Crippen LogP contribution in [-0.4, -0.2) is 53.1 Å². The van der Waals surface area contributed by atoms with Crippen molar-refractivity contribution in [3.63, 3.8) is 0 Å². The fraction of sp³-hybridized carbons (Fsp3) is 0.923. The highest BCUT2D eigenvalue weighted by molar-refractivity contribution is 7.80. The Balaban J connectivity index is 1.96. The number of nitrogens with zero attached hydrogens (tertiary/aromatic N) is 2. The number of hydrogen-bond donors (Lipinski definition) is 1. The van der Waals surface area contributed by atoms with E-state index < -0.39 is 0 Å². The molecule has 2 aliphatic rings. The smallest absolute Gasteiger partial charge is 0.0743 e. The van der Waals surface area contributed by atoms with Crippen molar-refractivity contribution in [3.8, 4) is 0 Å². The van der Waals surface area contributed by atoms with Gasteiger partial charge in [-0.1, -0.05) is 19.1 Å². The number of fused-ring (bicyclic) bond motifs is 1. The van der Waals surface area contributed by atoms with E-state index in [-0.39, 0.29) is 0 Å². The van der Waals surface area contributed by atoms with Crippen LogP contribution < -0.4 is 5.73 Å². The summed E-state index contributed by atoms with van der Waals surface area (Å²) in [7, 11) is 0. The lowest BCUT2D eigenvalue weighted by Crippen LogP contribution is -2.43. The second-order valence-corrected chi connectivity index (χ2v) is 5.94. The van der Waals surface area contributed by atoms with Crippen molar-refractivity contribution in [2.75, 3.05) is 26.2 Å². The minimum atomic E-state index is 0.563. The van der Waals surface area contributed by atoms with Gasteiger partial charge < -0.3 is 5.73 Å². The van der Waals surface area contributed by atoms with E-state index in [1.807, 2.05) is 0 Å². The van der Waals surface area contributed by atoms with Gasteiger partial charge in [0.15, 0.2) is 0 Å². The Hall–Kier alpha value is -0.190. The molecule has 2 unspecified atom stereocenters. The number of rotatable bonds is 4. The fourth-order valence-electron chi connectivity index (χ4n) is 3.33. The molecule has 17 heavy (non-hydrogen) atoms. The van der Waals surface area contributed by atoms with E-state index >= 15 is 0 Å². The maximum atomic E-state index is 5.72. The van der Waals surface area contributed by atoms with Crippen molar-refractivity contribution in [1.82, 2.24) is 9.80 Å². The van der Waals surface area contributed by atoms with Gasteiger partial charge in [0.25, 0.3) is 0 Å². The lowest BCUT2D eigenvalue weighted by Gasteiger charge is -2.32. The third-order valence-corrected chi connectivity index (χ3v) is 4.43. The lowest BCUT2D eigenvalue weighted by atomic mass is 10.1. The average molecular weight is 255 g/mol. The Morgan fingerprint density at radius 3 is 2.82 bits per heavy atom. The Morgan fingerprint density at radius 2 is 2.12 bits per heavy atom. The summed E-state index contributed by atoms with van der Waals surface area (Å²) in [5, 5.41) is 0. The molecule has 0 amide bonds. The molecule has 2 N–H and O–H groups in total. The zero-order chi connectivity index (χ0) is 12.3. The van der Waals surface area contributed by atoms with E-state index in [0.717, 1.165) is 18.9 Å². The summed E-state index contributed by atoms with van der Waals surface area (Å²) in [6, 6.07) is 1.35. The highest BCUT2D eigenvalue weighted by atomic mass is 32.1. The minimum Gasteiger partial charge on any atom is -0.393 e. The Labute approximate surface area is 110 Å². The van der Waals surface area contributed by atoms with E-state index in [0.29, 0.717) is 11.0 Å². The molecule has 0 spiro atoms. The molecule has 98 valence electrons. The van der Waals surface area contributed by atoms with Crippen molar-refractivity contribution in [2.45, 2.75) is 51.1 Å². The average Bonchev–Trinajstić information content (AvgIpc) is 2.63. The molecular formula is C13H25N3S. The Kier molecular flexibility index (Phi) is 4.77. The summed E-state index contributed by atoms with van der Waals surface area (Å²) in [6.07, 6.45) is 6.09. The van der Waals surface area contributed by atoms with Crippen molar-refractivity contribution >= 4 is 17.2 Å². The van der Waals surface area contributed by atoms with Gasteiger partial charge in [0.2, 0.25) is 0 Å². The molecule has 4 heteroatoms. The molecule has 0 saturated carbocycles. The third-order valence-electron chi connectivity index (χ3n) is 4.26. The lowest BCUT2D eigenvalue weighted by molar-refractivity contribution is 0.172. The van der Waals surface area contributed by atoms with Crippen LogP contribution in [0.15, 0.2) is 0 Å². The zero-order valence-electron chi connectivity index (χ0n) is 10.9. The standard InChI is InChI=1S/C13H25N3S/c1-2-11(9-13(14)17)16-8-4-7-15-6-3-5-12(15)10-16/h11-12H,2-10H2,1H3,(H2,14,17). The van der Waals surface area contributed by atoms with E-state index in [1.165, 1.54) is 45.4 Å². The molecular weight excluding hydrogens is 230 g/mol. The van der Waals surface area contributed by atoms with Crippen LogP contribution in [0.25, 0.3) is 0 Å². The largest absolute Gasteiger partial charge is 0.393 e. The summed E-state index contributed by atoms with van der Waals surface area (Å²) in [6.45, 7) is 7.28. The third kappa shape index (κ3) is 3.39. The van der Waals surface area contributed by atoms with Crippen molar-refractivity contribution in [1.29, 1.82) is 0 Å². The van der Waals surface area contributed by atoms with Gasteiger partial charge in [0, 0.05) is 25.0 Å². The van der Waals surface area contributed by atoms with Crippen LogP contribution in [0.5, 0.6) is 0 Å². The molecule has 3 nitrogen and oxygen atoms in total. The molecule has 0 bridgehead atoms. The van der Waals surface area contributed by atoms with Gasteiger partial charge in [0.05, 0.1) is 4.99 Å². The molecule has 2 saturated heterocycles. The molecule has 0 aromatic carbocycles. The van der Waals surface area contributed by atoms with Gasteiger partial charge in [-0.05, 0) is 45.3 Å². The minimum absolute atomic E-state index is 0.563. The van der Waals surface area contributed by atoms with Gasteiger partial charge in [-0.3, -0.25) is 9.80 Å². The predicted molar refractivity (Wildman–Crippen MR) is 76.3 cm³/mol. The Bertz CT molecular complexity index is 269. The fourth-order valence-corrected chi connectivity index (χ4v) is 3.52. The van der Waals surface area contributed by atoms with E-state index in [4.69, 9.17) is 18.0 Å². The summed E-state index contributed by atoms with van der Waals surface area (Å²) in [4.78, 5) is 5.98. The summed E-state index contributed by atoms with van der Waals surface area (Å²) in [5.41, 5.74) is 5.72. The van der Waals surface area contributed by atoms with Crippen LogP contribution in [0.4, 0.5) is 0 Å². The van der Waals surface area contributed by atoms with E-state index in [1.54, 1.807) is 0 Å². The van der Waals surface area contributed by atoms with Crippen LogP contribution >= 0.6 is 12.2 Å². The monoisotopic (exact) mass is 255 g/mol. The molecule has 0 aromatic heterocycles. The molecule has 2 fully saturated rings. The number of nitrogens with two attached hydrogens (primary N) is 1. The second kappa shape index (κ2) is 6.12. The summed E-state index contributed by atoms with van der Waals surface area (Å²) < 4.78 is 0. The maximum Gasteiger partial charge on any atom is 0.0743 e. The normalized spacial score (nSPS) is 28.6. The predicted octanol–water partition coefficient (Wildman–Crippen LogP) is 1.61.